The van der Waals surface area contributed by atoms with Gasteiger partial charge in [-0.2, -0.15) is 5.10 Å². The fourth-order valence-corrected chi connectivity index (χ4v) is 2.81. The van der Waals surface area contributed by atoms with E-state index in [1.54, 1.807) is 18.4 Å². The molecule has 0 aliphatic carbocycles. The first-order valence-corrected chi connectivity index (χ1v) is 7.34. The average molecular weight is 323 g/mol. The average Bonchev–Trinajstić information content (AvgIpc) is 3.18. The number of amides is 1. The van der Waals surface area contributed by atoms with Gasteiger partial charge >= 0.3 is 0 Å². The van der Waals surface area contributed by atoms with Crippen molar-refractivity contribution in [1.82, 2.24) is 15.5 Å². The van der Waals surface area contributed by atoms with Gasteiger partial charge in [-0.05, 0) is 25.0 Å². The topological polar surface area (TPSA) is 91.2 Å². The van der Waals surface area contributed by atoms with Gasteiger partial charge in [-0.1, -0.05) is 11.6 Å². The Morgan fingerprint density at radius 3 is 3.23 bits per heavy atom. The lowest BCUT2D eigenvalue weighted by Crippen LogP contribution is -2.43. The third-order valence-corrected chi connectivity index (χ3v) is 4.02. The molecule has 2 aromatic heterocycles. The minimum absolute atomic E-state index is 0.0562. The normalized spacial score (nSPS) is 17.7. The first kappa shape index (κ1) is 14.6. The summed E-state index contributed by atoms with van der Waals surface area (Å²) in [6, 6.07) is 3.20. The quantitative estimate of drug-likeness (QED) is 0.885. The van der Waals surface area contributed by atoms with Crippen LogP contribution in [0.25, 0.3) is 0 Å². The Labute approximate surface area is 131 Å². The minimum Gasteiger partial charge on any atom is -0.467 e. The third kappa shape index (κ3) is 2.85. The van der Waals surface area contributed by atoms with E-state index in [2.05, 4.69) is 15.5 Å². The number of furan rings is 1. The maximum atomic E-state index is 12.4. The zero-order valence-electron chi connectivity index (χ0n) is 11.7. The van der Waals surface area contributed by atoms with Crippen molar-refractivity contribution in [2.24, 2.45) is 0 Å². The van der Waals surface area contributed by atoms with E-state index in [9.17, 15) is 9.59 Å². The van der Waals surface area contributed by atoms with Gasteiger partial charge in [-0.3, -0.25) is 9.59 Å². The summed E-state index contributed by atoms with van der Waals surface area (Å²) < 4.78 is 5.19. The molecule has 1 amide bonds. The van der Waals surface area contributed by atoms with E-state index in [0.29, 0.717) is 31.0 Å². The second-order valence-electron chi connectivity index (χ2n) is 5.05. The van der Waals surface area contributed by atoms with Gasteiger partial charge in [0.2, 0.25) is 5.91 Å². The van der Waals surface area contributed by atoms with E-state index in [1.165, 1.54) is 6.20 Å². The van der Waals surface area contributed by atoms with Crippen LogP contribution in [0.15, 0.2) is 33.8 Å². The van der Waals surface area contributed by atoms with Crippen LogP contribution in [0.4, 0.5) is 5.69 Å². The second kappa shape index (κ2) is 6.23. The molecule has 3 rings (SSSR count). The molecule has 2 aromatic rings. The van der Waals surface area contributed by atoms with Gasteiger partial charge in [0.15, 0.2) is 0 Å². The molecule has 0 saturated carbocycles. The van der Waals surface area contributed by atoms with Crippen LogP contribution in [-0.2, 0) is 11.3 Å². The van der Waals surface area contributed by atoms with Gasteiger partial charge in [-0.25, -0.2) is 5.10 Å². The van der Waals surface area contributed by atoms with E-state index in [4.69, 9.17) is 16.0 Å². The van der Waals surface area contributed by atoms with Crippen LogP contribution in [0.3, 0.4) is 0 Å². The standard InChI is InChI=1S/C14H15ClN4O3/c15-12-11(8-17-18-14(12)21)19-5-1-4-10(19)13(20)16-7-9-3-2-6-22-9/h2-3,6,8,10H,1,4-5,7H2,(H,16,20)(H,18,21). The number of H-pyrrole nitrogens is 1. The van der Waals surface area contributed by atoms with Gasteiger partial charge in [0.05, 0.1) is 24.7 Å². The molecule has 1 atom stereocenters. The van der Waals surface area contributed by atoms with Crippen LogP contribution < -0.4 is 15.8 Å². The molecule has 7 nitrogen and oxygen atoms in total. The first-order chi connectivity index (χ1) is 10.7. The third-order valence-electron chi connectivity index (χ3n) is 3.66. The number of rotatable bonds is 4. The second-order valence-corrected chi connectivity index (χ2v) is 5.42. The van der Waals surface area contributed by atoms with Crippen LogP contribution in [0, 0.1) is 0 Å². The summed E-state index contributed by atoms with van der Waals surface area (Å²) >= 11 is 6.03. The zero-order valence-corrected chi connectivity index (χ0v) is 12.5. The van der Waals surface area contributed by atoms with Crippen LogP contribution >= 0.6 is 11.6 Å². The first-order valence-electron chi connectivity index (χ1n) is 6.96. The van der Waals surface area contributed by atoms with Gasteiger partial charge < -0.3 is 14.6 Å². The van der Waals surface area contributed by atoms with E-state index < -0.39 is 5.56 Å². The van der Waals surface area contributed by atoms with Crippen molar-refractivity contribution in [3.63, 3.8) is 0 Å². The molecular weight excluding hydrogens is 308 g/mol. The molecule has 1 aliphatic heterocycles. The number of aromatic amines is 1. The summed E-state index contributed by atoms with van der Waals surface area (Å²) in [5.41, 5.74) is 0.0295. The lowest BCUT2D eigenvalue weighted by Gasteiger charge is -2.25. The molecule has 1 unspecified atom stereocenters. The Morgan fingerprint density at radius 2 is 2.45 bits per heavy atom. The smallest absolute Gasteiger partial charge is 0.285 e. The molecule has 0 spiro atoms. The minimum atomic E-state index is -0.458. The maximum absolute atomic E-state index is 12.4. The number of nitrogens with one attached hydrogen (secondary N) is 2. The number of carbonyl (C=O) groups is 1. The number of nitrogens with zero attached hydrogens (tertiary/aromatic N) is 2. The molecule has 2 N–H and O–H groups in total. The van der Waals surface area contributed by atoms with Crippen molar-refractivity contribution < 1.29 is 9.21 Å². The maximum Gasteiger partial charge on any atom is 0.285 e. The van der Waals surface area contributed by atoms with Crippen molar-refractivity contribution in [1.29, 1.82) is 0 Å². The van der Waals surface area contributed by atoms with Crippen molar-refractivity contribution >= 4 is 23.2 Å². The molecule has 1 saturated heterocycles. The van der Waals surface area contributed by atoms with Gasteiger partial charge in [0.25, 0.3) is 5.56 Å². The molecule has 22 heavy (non-hydrogen) atoms. The van der Waals surface area contributed by atoms with E-state index in [0.717, 1.165) is 6.42 Å². The molecule has 1 fully saturated rings. The molecule has 0 bridgehead atoms. The largest absolute Gasteiger partial charge is 0.467 e. The van der Waals surface area contributed by atoms with Gasteiger partial charge in [-0.15, -0.1) is 0 Å². The summed E-state index contributed by atoms with van der Waals surface area (Å²) in [7, 11) is 0. The molecule has 0 radical (unpaired) electrons. The van der Waals surface area contributed by atoms with Crippen molar-refractivity contribution in [3.8, 4) is 0 Å². The van der Waals surface area contributed by atoms with Gasteiger partial charge in [0.1, 0.15) is 16.8 Å². The zero-order chi connectivity index (χ0) is 15.5. The van der Waals surface area contributed by atoms with Crippen LogP contribution in [0.1, 0.15) is 18.6 Å². The number of carbonyl (C=O) groups excluding carboxylic acids is 1. The predicted molar refractivity (Wildman–Crippen MR) is 80.8 cm³/mol. The van der Waals surface area contributed by atoms with Crippen molar-refractivity contribution in [2.45, 2.75) is 25.4 Å². The van der Waals surface area contributed by atoms with E-state index in [-0.39, 0.29) is 17.0 Å². The lowest BCUT2D eigenvalue weighted by atomic mass is 10.2. The number of hydrogen-bond donors (Lipinski definition) is 2. The molecule has 3 heterocycles. The highest BCUT2D eigenvalue weighted by Crippen LogP contribution is 2.28. The predicted octanol–water partition coefficient (Wildman–Crippen LogP) is 1.30. The summed E-state index contributed by atoms with van der Waals surface area (Å²) in [4.78, 5) is 25.8. The van der Waals surface area contributed by atoms with Crippen molar-refractivity contribution in [2.75, 3.05) is 11.4 Å². The number of anilines is 1. The summed E-state index contributed by atoms with van der Waals surface area (Å²) in [6.07, 6.45) is 4.59. The number of halogens is 1. The Balaban J connectivity index is 1.73. The molecular formula is C14H15ClN4O3. The lowest BCUT2D eigenvalue weighted by molar-refractivity contribution is -0.122. The van der Waals surface area contributed by atoms with Gasteiger partial charge in [0, 0.05) is 6.54 Å². The van der Waals surface area contributed by atoms with E-state index in [1.807, 2.05) is 4.90 Å². The molecule has 8 heteroatoms. The summed E-state index contributed by atoms with van der Waals surface area (Å²) in [5, 5.41) is 8.93. The summed E-state index contributed by atoms with van der Waals surface area (Å²) in [6.45, 7) is 0.987. The number of hydrogen-bond acceptors (Lipinski definition) is 5. The Kier molecular flexibility index (Phi) is 4.15. The van der Waals surface area contributed by atoms with E-state index >= 15 is 0 Å². The summed E-state index contributed by atoms with van der Waals surface area (Å²) in [5.74, 6) is 0.569. The van der Waals surface area contributed by atoms with Crippen molar-refractivity contribution in [3.05, 3.63) is 45.7 Å². The van der Waals surface area contributed by atoms with Crippen LogP contribution in [0.5, 0.6) is 0 Å². The Morgan fingerprint density at radius 1 is 1.59 bits per heavy atom. The molecule has 1 aliphatic rings. The fourth-order valence-electron chi connectivity index (χ4n) is 2.61. The Bertz CT molecular complexity index is 713. The Hall–Kier alpha value is -2.28. The highest BCUT2D eigenvalue weighted by atomic mass is 35.5. The number of aromatic nitrogens is 2. The highest BCUT2D eigenvalue weighted by Gasteiger charge is 2.32. The molecule has 116 valence electrons. The fraction of sp³-hybridized carbons (Fsp3) is 0.357. The molecule has 0 aromatic carbocycles. The van der Waals surface area contributed by atoms with Crippen LogP contribution in [-0.4, -0.2) is 28.7 Å². The SMILES string of the molecule is O=C(NCc1ccco1)C1CCCN1c1cn[nH]c(=O)c1Cl. The van der Waals surface area contributed by atoms with Crippen LogP contribution in [0.2, 0.25) is 5.02 Å². The highest BCUT2D eigenvalue weighted by molar-refractivity contribution is 6.33. The monoisotopic (exact) mass is 322 g/mol.